The second-order valence-electron chi connectivity index (χ2n) is 28.2. The highest BCUT2D eigenvalue weighted by Gasteiger charge is 2.29. The van der Waals surface area contributed by atoms with Gasteiger partial charge in [0.05, 0.1) is 85.8 Å². The summed E-state index contributed by atoms with van der Waals surface area (Å²) in [7, 11) is 0. The Hall–Kier alpha value is -10.0. The summed E-state index contributed by atoms with van der Waals surface area (Å²) in [5, 5.41) is 40.4. The number of aliphatic carboxylic acids is 2. The standard InChI is InChI=1S/C81H102N6O18/c1-49-68(82)65-58(35-34-55-71(92)76(97)80(81(98)99)105-77(55)65)85(49)36-28-22-16-10-4-7-13-19-25-31-39-100-52-42-53(101-40-32-26-20-14-8-5-11-17-23-29-37-86-50(2)69(83)66-59(86)45-56-63(74(95)72(56)93)78(66)103-47-61(88)89)44-54(43-52)102-41-33-27-21-15-9-6-12-18-24-30-38-87-51(3)70(84)67-60(87)46-57-64(75(96)73(57)94)79(67)104-48-62(90)91/h34-35,42-46,97H,4-33,36-41,47-48,82-84H2,1-3H3,(H,88,89)(H,90,91)(H,98,99). The molecule has 24 nitrogen and oxygen atoms in total. The lowest BCUT2D eigenvalue weighted by Crippen LogP contribution is -2.31. The fourth-order valence-corrected chi connectivity index (χ4v) is 14.9. The number of aromatic nitrogens is 3. The molecule has 564 valence electrons. The van der Waals surface area contributed by atoms with E-state index >= 15 is 0 Å². The van der Waals surface area contributed by atoms with Crippen LogP contribution in [0.3, 0.4) is 0 Å². The van der Waals surface area contributed by atoms with Crippen LogP contribution in [0.1, 0.15) is 220 Å². The number of hydrogen-bond donors (Lipinski definition) is 7. The maximum atomic E-state index is 12.8. The van der Waals surface area contributed by atoms with Crippen LogP contribution in [0.5, 0.6) is 34.5 Å². The molecule has 0 saturated heterocycles. The second kappa shape index (κ2) is 36.6. The quantitative estimate of drug-likeness (QED) is 0.0138. The summed E-state index contributed by atoms with van der Waals surface area (Å²) in [6, 6.07) is 12.6. The van der Waals surface area contributed by atoms with Gasteiger partial charge in [0, 0.05) is 65.7 Å². The van der Waals surface area contributed by atoms with Crippen molar-refractivity contribution < 1.29 is 62.9 Å². The smallest absolute Gasteiger partial charge is 0.375 e. The molecule has 0 aliphatic heterocycles. The molecule has 0 spiro atoms. The Morgan fingerprint density at radius 3 is 1.02 bits per heavy atom. The number of carboxylic acids is 3. The molecule has 0 atom stereocenters. The van der Waals surface area contributed by atoms with Crippen molar-refractivity contribution in [2.24, 2.45) is 0 Å². The summed E-state index contributed by atoms with van der Waals surface area (Å²) in [5.41, 5.74) is 21.9. The molecule has 4 aromatic heterocycles. The van der Waals surface area contributed by atoms with Crippen molar-refractivity contribution in [1.29, 1.82) is 0 Å². The van der Waals surface area contributed by atoms with E-state index in [0.29, 0.717) is 83.7 Å². The lowest BCUT2D eigenvalue weighted by atomic mass is 10.0. The molecule has 10 rings (SSSR count). The SMILES string of the molecule is Cc1c(N)c2c(OCC(=O)O)c3c(=O)c(=O)c3cc2n1CCCCCCCCCCCCOc1cc(OCCCCCCCCCCCCn2c(C)c(N)c3c(OCC(=O)O)c4c(=O)c(=O)c4cc32)cc(OCCCCCCCCCCCCn2c(C)c(N)c3c4oc(C(=O)O)c(O)c(=O)c4ccc32)c1. The summed E-state index contributed by atoms with van der Waals surface area (Å²) >= 11 is 0. The second-order valence-corrected chi connectivity index (χ2v) is 28.2. The molecule has 0 saturated carbocycles. The number of nitrogens with two attached hydrogens (primary N) is 3. The van der Waals surface area contributed by atoms with Crippen molar-refractivity contribution >= 4 is 100 Å². The van der Waals surface area contributed by atoms with Crippen molar-refractivity contribution in [3.63, 3.8) is 0 Å². The van der Waals surface area contributed by atoms with Crippen LogP contribution in [0.2, 0.25) is 0 Å². The van der Waals surface area contributed by atoms with Gasteiger partial charge in [0.25, 0.3) is 5.76 Å². The fourth-order valence-electron chi connectivity index (χ4n) is 14.9. The lowest BCUT2D eigenvalue weighted by molar-refractivity contribution is -0.140. The molecule has 10 N–H and O–H groups in total. The van der Waals surface area contributed by atoms with Crippen molar-refractivity contribution in [1.82, 2.24) is 13.7 Å². The number of hydrogen-bond acceptors (Lipinski definition) is 18. The lowest BCUT2D eigenvalue weighted by Gasteiger charge is -2.14. The van der Waals surface area contributed by atoms with Gasteiger partial charge >= 0.3 is 17.9 Å². The van der Waals surface area contributed by atoms with E-state index in [1.807, 2.05) is 48.1 Å². The van der Waals surface area contributed by atoms with Gasteiger partial charge in [-0.2, -0.15) is 0 Å². The maximum absolute atomic E-state index is 12.8. The molecule has 10 aromatic rings. The van der Waals surface area contributed by atoms with Gasteiger partial charge in [0.15, 0.2) is 18.8 Å². The van der Waals surface area contributed by atoms with Gasteiger partial charge in [0.2, 0.25) is 32.9 Å². The van der Waals surface area contributed by atoms with Gasteiger partial charge in [-0.1, -0.05) is 154 Å². The van der Waals surface area contributed by atoms with Crippen LogP contribution >= 0.6 is 0 Å². The maximum Gasteiger partial charge on any atom is 0.375 e. The van der Waals surface area contributed by atoms with E-state index < -0.39 is 69.8 Å². The van der Waals surface area contributed by atoms with Crippen molar-refractivity contribution in [2.75, 3.05) is 50.2 Å². The highest BCUT2D eigenvalue weighted by atomic mass is 16.5. The molecule has 6 aromatic carbocycles. The molecule has 0 aliphatic rings. The van der Waals surface area contributed by atoms with Crippen LogP contribution in [0.4, 0.5) is 17.1 Å². The Kier molecular flexibility index (Phi) is 27.1. The first-order chi connectivity index (χ1) is 50.7. The number of carbonyl (C=O) groups is 3. The zero-order valence-corrected chi connectivity index (χ0v) is 61.0. The minimum Gasteiger partial charge on any atom is -0.501 e. The topological polar surface area (TPSA) is 370 Å². The Labute approximate surface area is 608 Å². The van der Waals surface area contributed by atoms with Gasteiger partial charge in [-0.15, -0.1) is 0 Å². The van der Waals surface area contributed by atoms with Crippen LogP contribution < -0.4 is 68.0 Å². The molecule has 24 heteroatoms. The predicted octanol–water partition coefficient (Wildman–Crippen LogP) is 15.1. The Morgan fingerprint density at radius 2 is 0.686 bits per heavy atom. The number of anilines is 3. The highest BCUT2D eigenvalue weighted by molar-refractivity contribution is 6.14. The molecule has 0 aliphatic carbocycles. The van der Waals surface area contributed by atoms with Crippen molar-refractivity contribution in [2.45, 2.75) is 233 Å². The largest absolute Gasteiger partial charge is 0.501 e. The number of fused-ring (bicyclic) bond motifs is 7. The van der Waals surface area contributed by atoms with Crippen molar-refractivity contribution in [3.05, 3.63) is 116 Å². The minimum absolute atomic E-state index is 0.0597. The average Bonchev–Trinajstić information content (AvgIpc) is 1.64. The number of aryl methyl sites for hydroxylation is 3. The van der Waals surface area contributed by atoms with Gasteiger partial charge in [-0.05, 0) is 83.6 Å². The Morgan fingerprint density at radius 1 is 0.371 bits per heavy atom. The van der Waals surface area contributed by atoms with Gasteiger partial charge in [-0.3, -0.25) is 24.0 Å². The Balaban J connectivity index is 0.605. The molecule has 0 bridgehead atoms. The molecule has 0 radical (unpaired) electrons. The van der Waals surface area contributed by atoms with Crippen LogP contribution in [-0.4, -0.2) is 85.1 Å². The average molecular weight is 1450 g/mol. The van der Waals surface area contributed by atoms with E-state index in [1.165, 1.54) is 25.7 Å². The first-order valence-electron chi connectivity index (χ1n) is 37.8. The summed E-state index contributed by atoms with van der Waals surface area (Å²) in [5.74, 6) is -3.29. The van der Waals surface area contributed by atoms with Gasteiger partial charge in [-0.25, -0.2) is 14.4 Å². The number of benzene rings is 4. The fraction of sp³-hybridized carbons (Fsp3) is 0.506. The molecule has 0 unspecified atom stereocenters. The molecular formula is C81H102N6O18. The molecule has 105 heavy (non-hydrogen) atoms. The molecule has 0 fully saturated rings. The zero-order valence-electron chi connectivity index (χ0n) is 61.0. The third kappa shape index (κ3) is 18.2. The number of unbranched alkanes of at least 4 members (excludes halogenated alkanes) is 27. The molecule has 0 amide bonds. The van der Waals surface area contributed by atoms with E-state index in [9.17, 15) is 58.8 Å². The number of carboxylic acid groups (broad SMARTS) is 3. The third-order valence-electron chi connectivity index (χ3n) is 20.8. The number of nitrogen functional groups attached to an aromatic ring is 3. The van der Waals surface area contributed by atoms with Crippen molar-refractivity contribution in [3.8, 4) is 34.5 Å². The Bertz CT molecular complexity index is 4750. The number of aromatic hydroxyl groups is 1. The van der Waals surface area contributed by atoms with E-state index in [1.54, 1.807) is 24.3 Å². The summed E-state index contributed by atoms with van der Waals surface area (Å²) < 4.78 is 41.9. The van der Waals surface area contributed by atoms with E-state index in [4.69, 9.17) is 45.3 Å². The van der Waals surface area contributed by atoms with E-state index in [2.05, 4.69) is 4.57 Å². The minimum atomic E-state index is -1.54. The monoisotopic (exact) mass is 1450 g/mol. The molecular weight excluding hydrogens is 1340 g/mol. The summed E-state index contributed by atoms with van der Waals surface area (Å²) in [4.78, 5) is 96.9. The van der Waals surface area contributed by atoms with Crippen LogP contribution in [0.25, 0.3) is 65.2 Å². The third-order valence-corrected chi connectivity index (χ3v) is 20.8. The molecule has 4 heterocycles. The number of ether oxygens (including phenoxy) is 5. The van der Waals surface area contributed by atoms with Crippen LogP contribution in [0, 0.1) is 20.8 Å². The highest BCUT2D eigenvalue weighted by Crippen LogP contribution is 2.43. The first kappa shape index (κ1) is 77.6. The first-order valence-corrected chi connectivity index (χ1v) is 37.8. The van der Waals surface area contributed by atoms with Crippen LogP contribution in [0.15, 0.2) is 70.9 Å². The summed E-state index contributed by atoms with van der Waals surface area (Å²) in [6.45, 7) is 8.20. The van der Waals surface area contributed by atoms with Gasteiger partial charge < -0.3 is 79.4 Å². The number of nitrogens with zero attached hydrogens (tertiary/aromatic N) is 3. The number of aromatic carboxylic acids is 1. The normalized spacial score (nSPS) is 11.9. The summed E-state index contributed by atoms with van der Waals surface area (Å²) in [6.07, 6.45) is 32.4. The van der Waals surface area contributed by atoms with E-state index in [0.717, 1.165) is 207 Å². The van der Waals surface area contributed by atoms with E-state index in [-0.39, 0.29) is 44.0 Å². The van der Waals surface area contributed by atoms with Crippen LogP contribution in [-0.2, 0) is 29.2 Å². The van der Waals surface area contributed by atoms with Gasteiger partial charge in [0.1, 0.15) is 28.7 Å². The number of rotatable bonds is 49. The zero-order chi connectivity index (χ0) is 74.8. The predicted molar refractivity (Wildman–Crippen MR) is 410 cm³/mol.